The van der Waals surface area contributed by atoms with Gasteiger partial charge >= 0.3 is 5.97 Å². The third-order valence-corrected chi connectivity index (χ3v) is 8.46. The Kier molecular flexibility index (Phi) is 10.5. The average Bonchev–Trinajstić information content (AvgIpc) is 3.50. The normalized spacial score (nSPS) is 12.1. The van der Waals surface area contributed by atoms with E-state index in [1.165, 1.54) is 37.0 Å². The number of amides is 1. The molecule has 1 unspecified atom stereocenters. The number of nitrogens with one attached hydrogen (secondary N) is 1. The molecule has 8 heteroatoms. The molecular weight excluding hydrogens is 546 g/mol. The van der Waals surface area contributed by atoms with Crippen LogP contribution in [-0.2, 0) is 10.2 Å². The van der Waals surface area contributed by atoms with Crippen LogP contribution in [0.3, 0.4) is 0 Å². The molecule has 42 heavy (non-hydrogen) atoms. The van der Waals surface area contributed by atoms with Crippen molar-refractivity contribution in [2.24, 2.45) is 0 Å². The second-order valence-electron chi connectivity index (χ2n) is 11.4. The summed E-state index contributed by atoms with van der Waals surface area (Å²) in [5.74, 6) is -0.161. The van der Waals surface area contributed by atoms with Crippen molar-refractivity contribution in [1.82, 2.24) is 15.3 Å². The summed E-state index contributed by atoms with van der Waals surface area (Å²) in [6, 6.07) is 17.3. The summed E-state index contributed by atoms with van der Waals surface area (Å²) in [6.45, 7) is 9.16. The SMILES string of the molecule is CCCCCCCOc1ccc(-c2cnc(-c3ccc(C(NC(=O)c4ccc(C(C)(C)C)s4)C(=O)O)cc3)nc2)cc1. The van der Waals surface area contributed by atoms with Gasteiger partial charge in [0.1, 0.15) is 5.75 Å². The largest absolute Gasteiger partial charge is 0.494 e. The fourth-order valence-electron chi connectivity index (χ4n) is 4.44. The van der Waals surface area contributed by atoms with Gasteiger partial charge in [-0.15, -0.1) is 11.3 Å². The number of carbonyl (C=O) groups excluding carboxylic acids is 1. The van der Waals surface area contributed by atoms with E-state index in [1.807, 2.05) is 30.3 Å². The van der Waals surface area contributed by atoms with Gasteiger partial charge in [-0.25, -0.2) is 14.8 Å². The number of aliphatic carboxylic acids is 1. The molecule has 0 bridgehead atoms. The molecule has 220 valence electrons. The summed E-state index contributed by atoms with van der Waals surface area (Å²) in [6.07, 6.45) is 9.58. The minimum atomic E-state index is -1.18. The van der Waals surface area contributed by atoms with Crippen LogP contribution in [0.25, 0.3) is 22.5 Å². The van der Waals surface area contributed by atoms with Gasteiger partial charge in [0.25, 0.3) is 5.91 Å². The second-order valence-corrected chi connectivity index (χ2v) is 12.4. The van der Waals surface area contributed by atoms with Crippen LogP contribution in [0.2, 0.25) is 0 Å². The van der Waals surface area contributed by atoms with E-state index in [0.29, 0.717) is 16.3 Å². The summed E-state index contributed by atoms with van der Waals surface area (Å²) < 4.78 is 5.86. The number of nitrogens with zero attached hydrogens (tertiary/aromatic N) is 2. The zero-order valence-electron chi connectivity index (χ0n) is 24.7. The van der Waals surface area contributed by atoms with Gasteiger partial charge in [-0.3, -0.25) is 4.79 Å². The van der Waals surface area contributed by atoms with Crippen molar-refractivity contribution < 1.29 is 19.4 Å². The first-order valence-electron chi connectivity index (χ1n) is 14.5. The summed E-state index contributed by atoms with van der Waals surface area (Å²) in [7, 11) is 0. The maximum Gasteiger partial charge on any atom is 0.330 e. The molecule has 0 saturated heterocycles. The number of hydrogen-bond acceptors (Lipinski definition) is 6. The van der Waals surface area contributed by atoms with Crippen molar-refractivity contribution >= 4 is 23.2 Å². The smallest absolute Gasteiger partial charge is 0.330 e. The lowest BCUT2D eigenvalue weighted by atomic mass is 9.95. The molecule has 7 nitrogen and oxygen atoms in total. The Hall–Kier alpha value is -4.04. The molecule has 1 amide bonds. The van der Waals surface area contributed by atoms with Gasteiger partial charge in [0.2, 0.25) is 0 Å². The Morgan fingerprint density at radius 3 is 2.10 bits per heavy atom. The van der Waals surface area contributed by atoms with E-state index in [2.05, 4.69) is 43.0 Å². The maximum absolute atomic E-state index is 12.8. The molecule has 0 spiro atoms. The molecule has 0 radical (unpaired) electrons. The Balaban J connectivity index is 1.37. The van der Waals surface area contributed by atoms with Gasteiger partial charge in [-0.05, 0) is 47.2 Å². The zero-order chi connectivity index (χ0) is 30.1. The van der Waals surface area contributed by atoms with Gasteiger partial charge in [-0.1, -0.05) is 89.8 Å². The minimum absolute atomic E-state index is 0.0853. The van der Waals surface area contributed by atoms with E-state index in [-0.39, 0.29) is 5.41 Å². The van der Waals surface area contributed by atoms with Crippen LogP contribution in [-0.4, -0.2) is 33.6 Å². The zero-order valence-corrected chi connectivity index (χ0v) is 25.5. The van der Waals surface area contributed by atoms with Crippen molar-refractivity contribution in [3.8, 4) is 28.3 Å². The topological polar surface area (TPSA) is 101 Å². The summed E-state index contributed by atoms with van der Waals surface area (Å²) >= 11 is 1.37. The molecule has 0 aliphatic carbocycles. The van der Waals surface area contributed by atoms with Gasteiger partial charge < -0.3 is 15.2 Å². The van der Waals surface area contributed by atoms with Crippen LogP contribution in [0.5, 0.6) is 5.75 Å². The molecule has 0 saturated carbocycles. The molecule has 4 aromatic rings. The molecule has 4 rings (SSSR count). The Labute approximate surface area is 252 Å². The fraction of sp³-hybridized carbons (Fsp3) is 0.353. The third-order valence-electron chi connectivity index (χ3n) is 6.95. The first-order valence-corrected chi connectivity index (χ1v) is 15.3. The van der Waals surface area contributed by atoms with E-state index in [9.17, 15) is 14.7 Å². The van der Waals surface area contributed by atoms with Crippen LogP contribution in [0.1, 0.15) is 86.0 Å². The highest BCUT2D eigenvalue weighted by Gasteiger charge is 2.25. The molecule has 2 aromatic carbocycles. The van der Waals surface area contributed by atoms with E-state index >= 15 is 0 Å². The summed E-state index contributed by atoms with van der Waals surface area (Å²) in [5, 5.41) is 12.5. The first-order chi connectivity index (χ1) is 20.2. The second kappa shape index (κ2) is 14.2. The highest BCUT2D eigenvalue weighted by molar-refractivity contribution is 7.14. The number of thiophene rings is 1. The lowest BCUT2D eigenvalue weighted by molar-refractivity contribution is -0.139. The summed E-state index contributed by atoms with van der Waals surface area (Å²) in [5.41, 5.74) is 3.01. The van der Waals surface area contributed by atoms with Crippen LogP contribution in [0, 0.1) is 0 Å². The van der Waals surface area contributed by atoms with E-state index in [0.717, 1.165) is 40.3 Å². The molecule has 0 aliphatic heterocycles. The monoisotopic (exact) mass is 585 g/mol. The Morgan fingerprint density at radius 2 is 1.50 bits per heavy atom. The Bertz CT molecular complexity index is 1460. The van der Waals surface area contributed by atoms with Gasteiger partial charge in [0.15, 0.2) is 11.9 Å². The molecular formula is C34H39N3O4S. The highest BCUT2D eigenvalue weighted by Crippen LogP contribution is 2.30. The van der Waals surface area contributed by atoms with Gasteiger partial charge in [0.05, 0.1) is 11.5 Å². The van der Waals surface area contributed by atoms with Crippen LogP contribution in [0.15, 0.2) is 73.1 Å². The standard InChI is InChI=1S/C34H39N3O4S/c1-5-6-7-8-9-20-41-27-16-14-23(15-17-27)26-21-35-31(36-22-26)25-12-10-24(11-13-25)30(33(39)40)37-32(38)28-18-19-29(42-28)34(2,3)4/h10-19,21-22,30H,5-9,20H2,1-4H3,(H,37,38)(H,39,40). The van der Waals surface area contributed by atoms with E-state index in [4.69, 9.17) is 4.74 Å². The van der Waals surface area contributed by atoms with Crippen molar-refractivity contribution in [2.45, 2.75) is 71.3 Å². The maximum atomic E-state index is 12.8. The number of rotatable bonds is 13. The number of unbranched alkanes of at least 4 members (excludes halogenated alkanes) is 4. The van der Waals surface area contributed by atoms with Gasteiger partial charge in [0, 0.05) is 28.4 Å². The predicted octanol–water partition coefficient (Wildman–Crippen LogP) is 8.07. The number of carboxylic acids is 1. The molecule has 2 aromatic heterocycles. The van der Waals surface area contributed by atoms with Gasteiger partial charge in [-0.2, -0.15) is 0 Å². The van der Waals surface area contributed by atoms with Crippen molar-refractivity contribution in [3.05, 3.63) is 88.4 Å². The first kappa shape index (κ1) is 30.9. The molecule has 1 atom stereocenters. The number of ether oxygens (including phenoxy) is 1. The van der Waals surface area contributed by atoms with Crippen LogP contribution in [0.4, 0.5) is 0 Å². The lowest BCUT2D eigenvalue weighted by Gasteiger charge is -2.16. The fourth-order valence-corrected chi connectivity index (χ4v) is 5.41. The van der Waals surface area contributed by atoms with Crippen molar-refractivity contribution in [2.75, 3.05) is 6.61 Å². The average molecular weight is 586 g/mol. The molecule has 0 fully saturated rings. The lowest BCUT2D eigenvalue weighted by Crippen LogP contribution is -2.33. The number of aromatic nitrogens is 2. The highest BCUT2D eigenvalue weighted by atomic mass is 32.1. The molecule has 2 N–H and O–H groups in total. The molecule has 0 aliphatic rings. The number of carbonyl (C=O) groups is 2. The quantitative estimate of drug-likeness (QED) is 0.154. The number of carboxylic acid groups (broad SMARTS) is 1. The summed E-state index contributed by atoms with van der Waals surface area (Å²) in [4.78, 5) is 35.5. The minimum Gasteiger partial charge on any atom is -0.494 e. The third kappa shape index (κ3) is 8.26. The van der Waals surface area contributed by atoms with E-state index < -0.39 is 17.9 Å². The van der Waals surface area contributed by atoms with Crippen LogP contribution < -0.4 is 10.1 Å². The van der Waals surface area contributed by atoms with Crippen molar-refractivity contribution in [3.63, 3.8) is 0 Å². The molecule has 2 heterocycles. The number of benzene rings is 2. The number of hydrogen-bond donors (Lipinski definition) is 2. The van der Waals surface area contributed by atoms with Crippen LogP contribution >= 0.6 is 11.3 Å². The predicted molar refractivity (Wildman–Crippen MR) is 168 cm³/mol. The van der Waals surface area contributed by atoms with E-state index in [1.54, 1.807) is 42.7 Å². The van der Waals surface area contributed by atoms with Crippen molar-refractivity contribution in [1.29, 1.82) is 0 Å². The Morgan fingerprint density at radius 1 is 0.857 bits per heavy atom.